The lowest BCUT2D eigenvalue weighted by Crippen LogP contribution is -2.38. The molecule has 36 heavy (non-hydrogen) atoms. The molecular formula is C28H33FN4O2S. The van der Waals surface area contributed by atoms with Gasteiger partial charge in [-0.2, -0.15) is 0 Å². The number of carbonyl (C=O) groups is 1. The maximum Gasteiger partial charge on any atom is 0.273 e. The van der Waals surface area contributed by atoms with Crippen LogP contribution in [0.25, 0.3) is 10.9 Å². The summed E-state index contributed by atoms with van der Waals surface area (Å²) in [6.45, 7) is 3.04. The Balaban J connectivity index is 0.948. The molecule has 1 N–H and O–H groups in total. The number of fused-ring (bicyclic) bond motifs is 2. The zero-order chi connectivity index (χ0) is 24.5. The fourth-order valence-electron chi connectivity index (χ4n) is 5.74. The zero-order valence-electron chi connectivity index (χ0n) is 20.5. The van der Waals surface area contributed by atoms with Gasteiger partial charge in [0, 0.05) is 54.0 Å². The van der Waals surface area contributed by atoms with Crippen LogP contribution in [-0.2, 0) is 13.0 Å². The van der Waals surface area contributed by atoms with Crippen molar-refractivity contribution < 1.29 is 13.9 Å². The molecule has 190 valence electrons. The van der Waals surface area contributed by atoms with Crippen LogP contribution in [-0.4, -0.2) is 52.2 Å². The second-order valence-electron chi connectivity index (χ2n) is 10.5. The molecule has 2 aromatic heterocycles. The number of ether oxygens (including phenoxy) is 1. The summed E-state index contributed by atoms with van der Waals surface area (Å²) in [6.07, 6.45) is 8.68. The smallest absolute Gasteiger partial charge is 0.273 e. The monoisotopic (exact) mass is 508 g/mol. The molecule has 3 heterocycles. The lowest BCUT2D eigenvalue weighted by molar-refractivity contribution is 0.0406. The summed E-state index contributed by atoms with van der Waals surface area (Å²) in [7, 11) is 0. The van der Waals surface area contributed by atoms with Crippen LogP contribution in [0.1, 0.15) is 65.9 Å². The highest BCUT2D eigenvalue weighted by atomic mass is 32.1. The number of halogens is 1. The first-order valence-electron chi connectivity index (χ1n) is 13.3. The van der Waals surface area contributed by atoms with Gasteiger partial charge in [0.2, 0.25) is 0 Å². The summed E-state index contributed by atoms with van der Waals surface area (Å²) in [5.74, 6) is 0.720. The second kappa shape index (κ2) is 10.4. The number of alkyl halides is 1. The predicted octanol–water partition coefficient (Wildman–Crippen LogP) is 5.31. The number of carbonyl (C=O) groups excluding carboxylic acids is 1. The predicted molar refractivity (Wildman–Crippen MR) is 139 cm³/mol. The fourth-order valence-corrected chi connectivity index (χ4v) is 6.71. The van der Waals surface area contributed by atoms with Crippen LogP contribution >= 0.6 is 11.3 Å². The number of nitrogens with zero attached hydrogens (tertiary/aromatic N) is 3. The Morgan fingerprint density at radius 2 is 2.03 bits per heavy atom. The molecule has 0 radical (unpaired) electrons. The van der Waals surface area contributed by atoms with Gasteiger partial charge in [-0.25, -0.2) is 9.37 Å². The van der Waals surface area contributed by atoms with E-state index in [4.69, 9.17) is 9.72 Å². The number of aromatic nitrogens is 2. The summed E-state index contributed by atoms with van der Waals surface area (Å²) in [5.41, 5.74) is 2.71. The van der Waals surface area contributed by atoms with Crippen LogP contribution in [0.2, 0.25) is 0 Å². The number of thiazole rings is 1. The van der Waals surface area contributed by atoms with Crippen molar-refractivity contribution >= 4 is 28.1 Å². The lowest BCUT2D eigenvalue weighted by atomic mass is 9.84. The van der Waals surface area contributed by atoms with E-state index in [-0.39, 0.29) is 18.1 Å². The molecule has 3 aliphatic rings. The molecular weight excluding hydrogens is 475 g/mol. The third kappa shape index (κ3) is 5.25. The first-order chi connectivity index (χ1) is 17.6. The van der Waals surface area contributed by atoms with E-state index in [0.717, 1.165) is 73.5 Å². The molecule has 2 fully saturated rings. The van der Waals surface area contributed by atoms with Crippen LogP contribution in [0.15, 0.2) is 36.5 Å². The minimum Gasteiger partial charge on any atom is -0.466 e. The highest BCUT2D eigenvalue weighted by Crippen LogP contribution is 2.35. The van der Waals surface area contributed by atoms with E-state index in [2.05, 4.69) is 15.2 Å². The van der Waals surface area contributed by atoms with Crippen molar-refractivity contribution in [2.45, 2.75) is 76.2 Å². The van der Waals surface area contributed by atoms with Gasteiger partial charge in [0.05, 0.1) is 11.2 Å². The largest absolute Gasteiger partial charge is 0.466 e. The normalized spacial score (nSPS) is 26.2. The van der Waals surface area contributed by atoms with Crippen LogP contribution in [0.5, 0.6) is 5.19 Å². The lowest BCUT2D eigenvalue weighted by Gasteiger charge is -2.32. The standard InChI is InChI=1S/C28H33FN4O2S/c29-19-15-21(16-19)35-28-32-25-17-33(14-11-26(25)36-28)13-10-18-6-8-20(9-7-18)31-27(34)23-3-1-5-24-22(23)4-2-12-30-24/h1-5,12,18-21H,6-11,13-17H2,(H,31,34). The van der Waals surface area contributed by atoms with Crippen molar-refractivity contribution in [1.82, 2.24) is 20.2 Å². The first-order valence-corrected chi connectivity index (χ1v) is 14.1. The number of hydrogen-bond acceptors (Lipinski definition) is 6. The van der Waals surface area contributed by atoms with Gasteiger partial charge in [-0.05, 0) is 69.2 Å². The molecule has 6 nitrogen and oxygen atoms in total. The average molecular weight is 509 g/mol. The second-order valence-corrected chi connectivity index (χ2v) is 11.6. The molecule has 6 rings (SSSR count). The number of rotatable bonds is 7. The maximum atomic E-state index is 13.1. The molecule has 3 aromatic rings. The topological polar surface area (TPSA) is 67.4 Å². The minimum atomic E-state index is -0.701. The summed E-state index contributed by atoms with van der Waals surface area (Å²) >= 11 is 1.65. The molecule has 2 saturated carbocycles. The Hall–Kier alpha value is -2.58. The first kappa shape index (κ1) is 23.8. The van der Waals surface area contributed by atoms with Crippen molar-refractivity contribution in [2.24, 2.45) is 5.92 Å². The highest BCUT2D eigenvalue weighted by molar-refractivity contribution is 7.13. The fraction of sp³-hybridized carbons (Fsp3) is 0.536. The zero-order valence-corrected chi connectivity index (χ0v) is 21.3. The van der Waals surface area contributed by atoms with Gasteiger partial charge in [-0.3, -0.25) is 14.7 Å². The van der Waals surface area contributed by atoms with Crippen LogP contribution < -0.4 is 10.1 Å². The summed E-state index contributed by atoms with van der Waals surface area (Å²) in [4.78, 5) is 25.9. The number of benzene rings is 1. The van der Waals surface area contributed by atoms with E-state index >= 15 is 0 Å². The van der Waals surface area contributed by atoms with Gasteiger partial charge in [0.15, 0.2) is 0 Å². The van der Waals surface area contributed by atoms with Gasteiger partial charge in [-0.15, -0.1) is 0 Å². The molecule has 0 atom stereocenters. The van der Waals surface area contributed by atoms with E-state index in [9.17, 15) is 9.18 Å². The van der Waals surface area contributed by atoms with Gasteiger partial charge in [0.25, 0.3) is 11.1 Å². The van der Waals surface area contributed by atoms with Crippen molar-refractivity contribution in [3.63, 3.8) is 0 Å². The molecule has 2 aliphatic carbocycles. The summed E-state index contributed by atoms with van der Waals surface area (Å²) < 4.78 is 18.9. The number of nitrogens with one attached hydrogen (secondary N) is 1. The van der Waals surface area contributed by atoms with Gasteiger partial charge in [0.1, 0.15) is 12.3 Å². The Labute approximate surface area is 215 Å². The molecule has 1 aromatic carbocycles. The van der Waals surface area contributed by atoms with Crippen LogP contribution in [0.3, 0.4) is 0 Å². The number of amides is 1. The molecule has 1 amide bonds. The number of hydrogen-bond donors (Lipinski definition) is 1. The Bertz CT molecular complexity index is 1210. The van der Waals surface area contributed by atoms with Crippen molar-refractivity contribution in [1.29, 1.82) is 0 Å². The molecule has 0 bridgehead atoms. The molecule has 8 heteroatoms. The van der Waals surface area contributed by atoms with E-state index in [1.54, 1.807) is 17.5 Å². The molecule has 0 saturated heterocycles. The average Bonchev–Trinajstić information content (AvgIpc) is 3.29. The van der Waals surface area contributed by atoms with Crippen molar-refractivity contribution in [2.75, 3.05) is 13.1 Å². The summed E-state index contributed by atoms with van der Waals surface area (Å²) in [6, 6.07) is 9.82. The molecule has 1 aliphatic heterocycles. The van der Waals surface area contributed by atoms with Crippen molar-refractivity contribution in [3.8, 4) is 5.19 Å². The highest BCUT2D eigenvalue weighted by Gasteiger charge is 2.32. The maximum absolute atomic E-state index is 13.1. The Kier molecular flexibility index (Phi) is 6.89. The van der Waals surface area contributed by atoms with E-state index in [1.807, 2.05) is 30.3 Å². The molecule has 0 spiro atoms. The Morgan fingerprint density at radius 1 is 1.17 bits per heavy atom. The Morgan fingerprint density at radius 3 is 2.86 bits per heavy atom. The van der Waals surface area contributed by atoms with Crippen LogP contribution in [0.4, 0.5) is 4.39 Å². The van der Waals surface area contributed by atoms with E-state index < -0.39 is 6.17 Å². The van der Waals surface area contributed by atoms with Gasteiger partial charge in [-0.1, -0.05) is 23.5 Å². The quantitative estimate of drug-likeness (QED) is 0.469. The molecule has 0 unspecified atom stereocenters. The van der Waals surface area contributed by atoms with Crippen LogP contribution in [0, 0.1) is 5.92 Å². The van der Waals surface area contributed by atoms with Crippen molar-refractivity contribution in [3.05, 3.63) is 52.7 Å². The van der Waals surface area contributed by atoms with Gasteiger partial charge >= 0.3 is 0 Å². The number of pyridine rings is 1. The van der Waals surface area contributed by atoms with E-state index in [0.29, 0.717) is 24.3 Å². The minimum absolute atomic E-state index is 0.00710. The van der Waals surface area contributed by atoms with E-state index in [1.165, 1.54) is 11.3 Å². The third-order valence-electron chi connectivity index (χ3n) is 8.02. The summed E-state index contributed by atoms with van der Waals surface area (Å²) in [5, 5.41) is 4.90. The third-order valence-corrected chi connectivity index (χ3v) is 9.07. The SMILES string of the molecule is O=C(NC1CCC(CCN2CCc3sc(OC4CC(F)C4)nc3C2)CC1)c1cccc2ncccc12. The van der Waals surface area contributed by atoms with Gasteiger partial charge < -0.3 is 10.1 Å².